The monoisotopic (exact) mass is 463 g/mol. The van der Waals surface area contributed by atoms with Crippen LogP contribution in [0.25, 0.3) is 6.08 Å². The first-order valence-corrected chi connectivity index (χ1v) is 10.6. The van der Waals surface area contributed by atoms with Crippen LogP contribution in [0.2, 0.25) is 0 Å². The Bertz CT molecular complexity index is 871. The average molecular weight is 464 g/mol. The highest BCUT2D eigenvalue weighted by atomic mass is 79.9. The molecule has 1 amide bonds. The number of hydrogen-bond donors (Lipinski definition) is 0. The lowest BCUT2D eigenvalue weighted by Gasteiger charge is -2.14. The molecule has 0 N–H and O–H groups in total. The summed E-state index contributed by atoms with van der Waals surface area (Å²) in [6.07, 6.45) is 1.83. The highest BCUT2D eigenvalue weighted by Gasteiger charge is 2.31. The van der Waals surface area contributed by atoms with E-state index in [-0.39, 0.29) is 5.91 Å². The Morgan fingerprint density at radius 2 is 1.96 bits per heavy atom. The van der Waals surface area contributed by atoms with Crippen molar-refractivity contribution >= 4 is 56.2 Å². The number of carbonyl (C=O) groups excluding carboxylic acids is 1. The highest BCUT2D eigenvalue weighted by molar-refractivity contribution is 9.09. The zero-order chi connectivity index (χ0) is 19.2. The van der Waals surface area contributed by atoms with Crippen molar-refractivity contribution in [3.63, 3.8) is 0 Å². The van der Waals surface area contributed by atoms with Crippen LogP contribution in [0.3, 0.4) is 0 Å². The third-order valence-corrected chi connectivity index (χ3v) is 5.58. The van der Waals surface area contributed by atoms with Crippen molar-refractivity contribution < 1.29 is 14.3 Å². The molecule has 0 bridgehead atoms. The van der Waals surface area contributed by atoms with Gasteiger partial charge in [-0.2, -0.15) is 0 Å². The average Bonchev–Trinajstić information content (AvgIpc) is 2.95. The first kappa shape index (κ1) is 19.9. The van der Waals surface area contributed by atoms with E-state index in [1.54, 1.807) is 12.0 Å². The Hall–Kier alpha value is -1.83. The van der Waals surface area contributed by atoms with Gasteiger partial charge in [0.25, 0.3) is 5.91 Å². The number of benzene rings is 2. The Labute approximate surface area is 176 Å². The van der Waals surface area contributed by atoms with E-state index in [1.165, 1.54) is 11.8 Å². The van der Waals surface area contributed by atoms with Crippen LogP contribution in [0.4, 0.5) is 0 Å². The molecule has 1 aliphatic heterocycles. The molecule has 4 nitrogen and oxygen atoms in total. The number of thioether (sulfide) groups is 1. The van der Waals surface area contributed by atoms with Gasteiger partial charge in [0, 0.05) is 5.33 Å². The topological polar surface area (TPSA) is 38.8 Å². The largest absolute Gasteiger partial charge is 0.493 e. The zero-order valence-electron chi connectivity index (χ0n) is 14.7. The molecule has 2 aromatic rings. The van der Waals surface area contributed by atoms with E-state index in [0.717, 1.165) is 16.5 Å². The second-order valence-corrected chi connectivity index (χ2v) is 8.17. The van der Waals surface area contributed by atoms with Crippen LogP contribution >= 0.6 is 39.9 Å². The summed E-state index contributed by atoms with van der Waals surface area (Å²) < 4.78 is 11.6. The second kappa shape index (κ2) is 9.39. The Kier molecular flexibility index (Phi) is 6.93. The molecule has 0 aliphatic carbocycles. The van der Waals surface area contributed by atoms with Gasteiger partial charge in [0.05, 0.1) is 25.2 Å². The van der Waals surface area contributed by atoms with Crippen LogP contribution in [0, 0.1) is 0 Å². The smallest absolute Gasteiger partial charge is 0.266 e. The van der Waals surface area contributed by atoms with Crippen molar-refractivity contribution in [2.45, 2.75) is 6.54 Å². The summed E-state index contributed by atoms with van der Waals surface area (Å²) in [5, 5.41) is 0.738. The van der Waals surface area contributed by atoms with Gasteiger partial charge in [0.2, 0.25) is 0 Å². The maximum absolute atomic E-state index is 12.8. The quantitative estimate of drug-likeness (QED) is 0.332. The van der Waals surface area contributed by atoms with E-state index in [4.69, 9.17) is 21.7 Å². The number of thiocarbonyl (C=S) groups is 1. The molecular formula is C20H18BrNO3S2. The van der Waals surface area contributed by atoms with Crippen LogP contribution < -0.4 is 9.47 Å². The summed E-state index contributed by atoms with van der Waals surface area (Å²) in [6, 6.07) is 15.4. The number of rotatable bonds is 7. The van der Waals surface area contributed by atoms with E-state index in [2.05, 4.69) is 15.9 Å². The second-order valence-electron chi connectivity index (χ2n) is 5.70. The summed E-state index contributed by atoms with van der Waals surface area (Å²) in [4.78, 5) is 15.0. The number of hydrogen-bond acceptors (Lipinski definition) is 5. The molecule has 1 aliphatic rings. The summed E-state index contributed by atoms with van der Waals surface area (Å²) >= 11 is 10.1. The minimum atomic E-state index is -0.0764. The number of alkyl halides is 1. The van der Waals surface area contributed by atoms with Gasteiger partial charge in [-0.25, -0.2) is 0 Å². The summed E-state index contributed by atoms with van der Waals surface area (Å²) in [6.45, 7) is 1.03. The number of amides is 1. The minimum Gasteiger partial charge on any atom is -0.493 e. The molecule has 3 rings (SSSR count). The molecule has 0 atom stereocenters. The van der Waals surface area contributed by atoms with Gasteiger partial charge < -0.3 is 9.47 Å². The molecule has 0 unspecified atom stereocenters. The molecule has 1 fully saturated rings. The molecule has 0 spiro atoms. The first-order chi connectivity index (χ1) is 13.1. The van der Waals surface area contributed by atoms with Gasteiger partial charge in [-0.3, -0.25) is 9.69 Å². The normalized spacial score (nSPS) is 15.5. The Balaban J connectivity index is 1.79. The van der Waals surface area contributed by atoms with Gasteiger partial charge in [-0.15, -0.1) is 0 Å². The van der Waals surface area contributed by atoms with Crippen molar-refractivity contribution in [3.8, 4) is 11.5 Å². The molecule has 1 heterocycles. The zero-order valence-corrected chi connectivity index (χ0v) is 17.9. The molecule has 0 radical (unpaired) electrons. The van der Waals surface area contributed by atoms with Crippen LogP contribution in [-0.4, -0.2) is 34.2 Å². The van der Waals surface area contributed by atoms with Gasteiger partial charge in [-0.05, 0) is 29.3 Å². The predicted octanol–water partition coefficient (Wildman–Crippen LogP) is 4.87. The summed E-state index contributed by atoms with van der Waals surface area (Å²) in [5.41, 5.74) is 1.91. The molecule has 1 saturated heterocycles. The Morgan fingerprint density at radius 1 is 1.19 bits per heavy atom. The standard InChI is InChI=1S/C20H18BrNO3S2/c1-24-17-11-15(7-8-16(17)25-10-9-21)12-18-19(23)22(20(26)27-18)13-14-5-3-2-4-6-14/h2-8,11-12H,9-10,13H2,1H3. The summed E-state index contributed by atoms with van der Waals surface area (Å²) in [5.74, 6) is 1.22. The van der Waals surface area contributed by atoms with E-state index >= 15 is 0 Å². The SMILES string of the molecule is COc1cc(C=C2SC(=S)N(Cc3ccccc3)C2=O)ccc1OCCBr. The lowest BCUT2D eigenvalue weighted by atomic mass is 10.1. The maximum atomic E-state index is 12.8. The molecule has 0 aromatic heterocycles. The number of carbonyl (C=O) groups is 1. The fourth-order valence-electron chi connectivity index (χ4n) is 2.60. The lowest BCUT2D eigenvalue weighted by Crippen LogP contribution is -2.27. The third-order valence-electron chi connectivity index (χ3n) is 3.88. The van der Waals surface area contributed by atoms with Crippen molar-refractivity contribution in [1.29, 1.82) is 0 Å². The first-order valence-electron chi connectivity index (χ1n) is 8.28. The van der Waals surface area contributed by atoms with Crippen molar-refractivity contribution in [2.75, 3.05) is 19.0 Å². The number of ether oxygens (including phenoxy) is 2. The van der Waals surface area contributed by atoms with Crippen LogP contribution in [-0.2, 0) is 11.3 Å². The molecule has 2 aromatic carbocycles. The van der Waals surface area contributed by atoms with E-state index in [1.807, 2.05) is 54.6 Å². The van der Waals surface area contributed by atoms with Crippen LogP contribution in [0.1, 0.15) is 11.1 Å². The third kappa shape index (κ3) is 4.91. The molecule has 140 valence electrons. The molecule has 0 saturated carbocycles. The molecule has 7 heteroatoms. The van der Waals surface area contributed by atoms with Gasteiger partial charge >= 0.3 is 0 Å². The number of methoxy groups -OCH3 is 1. The fourth-order valence-corrected chi connectivity index (χ4v) is 4.01. The van der Waals surface area contributed by atoms with E-state index in [9.17, 15) is 4.79 Å². The van der Waals surface area contributed by atoms with Crippen molar-refractivity contribution in [2.24, 2.45) is 0 Å². The number of nitrogens with zero attached hydrogens (tertiary/aromatic N) is 1. The van der Waals surface area contributed by atoms with Crippen molar-refractivity contribution in [3.05, 3.63) is 64.6 Å². The van der Waals surface area contributed by atoms with Crippen LogP contribution in [0.5, 0.6) is 11.5 Å². The van der Waals surface area contributed by atoms with Gasteiger partial charge in [-0.1, -0.05) is 76.3 Å². The van der Waals surface area contributed by atoms with Crippen molar-refractivity contribution in [1.82, 2.24) is 4.90 Å². The van der Waals surface area contributed by atoms with E-state index < -0.39 is 0 Å². The van der Waals surface area contributed by atoms with Crippen LogP contribution in [0.15, 0.2) is 53.4 Å². The van der Waals surface area contributed by atoms with E-state index in [0.29, 0.717) is 33.9 Å². The summed E-state index contributed by atoms with van der Waals surface area (Å²) in [7, 11) is 1.60. The molecule has 27 heavy (non-hydrogen) atoms. The van der Waals surface area contributed by atoms with Gasteiger partial charge in [0.1, 0.15) is 4.32 Å². The lowest BCUT2D eigenvalue weighted by molar-refractivity contribution is -0.122. The van der Waals surface area contributed by atoms with Gasteiger partial charge in [0.15, 0.2) is 11.5 Å². The maximum Gasteiger partial charge on any atom is 0.266 e. The number of halogens is 1. The molecular weight excluding hydrogens is 446 g/mol. The Morgan fingerprint density at radius 3 is 2.67 bits per heavy atom. The highest BCUT2D eigenvalue weighted by Crippen LogP contribution is 2.35. The predicted molar refractivity (Wildman–Crippen MR) is 117 cm³/mol. The minimum absolute atomic E-state index is 0.0764. The fraction of sp³-hybridized carbons (Fsp3) is 0.200.